The van der Waals surface area contributed by atoms with E-state index in [0.29, 0.717) is 0 Å². The molecule has 4 aromatic rings. The van der Waals surface area contributed by atoms with Gasteiger partial charge in [-0.25, -0.2) is 4.98 Å². The van der Waals surface area contributed by atoms with Gasteiger partial charge in [0.2, 0.25) is 5.78 Å². The molecule has 2 heterocycles. The molecule has 4 heteroatoms. The van der Waals surface area contributed by atoms with Gasteiger partial charge in [0, 0.05) is 12.1 Å². The Kier molecular flexibility index (Phi) is 2.70. The Bertz CT molecular complexity index is 1020. The zero-order valence-electron chi connectivity index (χ0n) is 13.3. The van der Waals surface area contributed by atoms with Crippen LogP contribution >= 0.6 is 0 Å². The third-order valence-electron chi connectivity index (χ3n) is 4.52. The van der Waals surface area contributed by atoms with Crippen LogP contribution in [0.5, 0.6) is 5.75 Å². The number of ether oxygens (including phenoxy) is 1. The van der Waals surface area contributed by atoms with Crippen LogP contribution in [0.4, 0.5) is 0 Å². The molecule has 0 aliphatic rings. The zero-order chi connectivity index (χ0) is 15.4. The predicted octanol–water partition coefficient (Wildman–Crippen LogP) is 4.09. The van der Waals surface area contributed by atoms with Crippen molar-refractivity contribution in [2.24, 2.45) is 0 Å². The van der Waals surface area contributed by atoms with E-state index >= 15 is 0 Å². The maximum atomic E-state index is 5.49. The van der Waals surface area contributed by atoms with Crippen molar-refractivity contribution >= 4 is 27.8 Å². The second-order valence-electron chi connectivity index (χ2n) is 5.69. The highest BCUT2D eigenvalue weighted by molar-refractivity contribution is 5.93. The Labute approximate surface area is 128 Å². The molecule has 0 unspecified atom stereocenters. The van der Waals surface area contributed by atoms with Gasteiger partial charge in [0.25, 0.3) is 0 Å². The van der Waals surface area contributed by atoms with Crippen molar-refractivity contribution in [2.45, 2.75) is 27.3 Å². The van der Waals surface area contributed by atoms with Crippen molar-refractivity contribution < 1.29 is 4.74 Å². The van der Waals surface area contributed by atoms with E-state index in [9.17, 15) is 0 Å². The average Bonchev–Trinajstić information content (AvgIpc) is 3.04. The molecule has 0 N–H and O–H groups in total. The van der Waals surface area contributed by atoms with Gasteiger partial charge in [-0.05, 0) is 44.5 Å². The maximum Gasteiger partial charge on any atom is 0.215 e. The molecule has 0 bridgehead atoms. The van der Waals surface area contributed by atoms with Crippen LogP contribution in [-0.4, -0.2) is 21.1 Å². The summed E-state index contributed by atoms with van der Waals surface area (Å²) >= 11 is 0. The van der Waals surface area contributed by atoms with Crippen LogP contribution in [0.3, 0.4) is 0 Å². The van der Waals surface area contributed by atoms with E-state index in [4.69, 9.17) is 9.72 Å². The van der Waals surface area contributed by atoms with Gasteiger partial charge < -0.3 is 9.30 Å². The number of aryl methyl sites for hydroxylation is 3. The molecule has 0 spiro atoms. The summed E-state index contributed by atoms with van der Waals surface area (Å²) in [4.78, 5) is 4.90. The Morgan fingerprint density at radius 3 is 2.64 bits per heavy atom. The topological polar surface area (TPSA) is 31.5 Å². The maximum absolute atomic E-state index is 5.49. The van der Waals surface area contributed by atoms with Gasteiger partial charge >= 0.3 is 0 Å². The molecule has 0 amide bonds. The summed E-state index contributed by atoms with van der Waals surface area (Å²) in [6.07, 6.45) is 0. The first-order valence-electron chi connectivity index (χ1n) is 7.61. The molecule has 0 radical (unpaired) electrons. The van der Waals surface area contributed by atoms with Crippen LogP contribution in [0.1, 0.15) is 18.1 Å². The Morgan fingerprint density at radius 2 is 1.91 bits per heavy atom. The highest BCUT2D eigenvalue weighted by Crippen LogP contribution is 2.33. The van der Waals surface area contributed by atoms with Crippen molar-refractivity contribution in [2.75, 3.05) is 7.11 Å². The minimum absolute atomic E-state index is 0.878. The van der Waals surface area contributed by atoms with Crippen molar-refractivity contribution in [3.05, 3.63) is 41.5 Å². The van der Waals surface area contributed by atoms with E-state index in [1.54, 1.807) is 7.11 Å². The molecule has 2 aromatic heterocycles. The van der Waals surface area contributed by atoms with E-state index in [2.05, 4.69) is 54.0 Å². The normalized spacial score (nSPS) is 11.8. The summed E-state index contributed by atoms with van der Waals surface area (Å²) in [5.74, 6) is 1.92. The van der Waals surface area contributed by atoms with Crippen LogP contribution in [0.25, 0.3) is 27.8 Å². The molecule has 4 nitrogen and oxygen atoms in total. The summed E-state index contributed by atoms with van der Waals surface area (Å²) < 4.78 is 10.0. The zero-order valence-corrected chi connectivity index (χ0v) is 13.3. The standard InChI is InChI=1S/C18H19N3O/c1-5-20-17-12(3)15(22-4)10-9-14(17)21-13-8-6-7-11(2)16(13)19-18(20)21/h6-10H,5H2,1-4H3. The molecule has 0 aliphatic carbocycles. The van der Waals surface area contributed by atoms with E-state index in [1.165, 1.54) is 16.6 Å². The van der Waals surface area contributed by atoms with Crippen molar-refractivity contribution in [1.82, 2.24) is 14.0 Å². The lowest BCUT2D eigenvalue weighted by Gasteiger charge is -2.08. The van der Waals surface area contributed by atoms with Crippen molar-refractivity contribution in [3.63, 3.8) is 0 Å². The molecular weight excluding hydrogens is 274 g/mol. The van der Waals surface area contributed by atoms with Gasteiger partial charge in [0.1, 0.15) is 5.75 Å². The molecule has 0 saturated carbocycles. The lowest BCUT2D eigenvalue weighted by atomic mass is 10.1. The molecule has 0 saturated heterocycles. The van der Waals surface area contributed by atoms with Gasteiger partial charge in [-0.15, -0.1) is 0 Å². The molecule has 2 aromatic carbocycles. The predicted molar refractivity (Wildman–Crippen MR) is 89.9 cm³/mol. The highest BCUT2D eigenvalue weighted by Gasteiger charge is 2.18. The van der Waals surface area contributed by atoms with E-state index in [-0.39, 0.29) is 0 Å². The number of rotatable bonds is 2. The number of hydrogen-bond donors (Lipinski definition) is 0. The lowest BCUT2D eigenvalue weighted by molar-refractivity contribution is 0.412. The first kappa shape index (κ1) is 13.2. The molecule has 0 fully saturated rings. The highest BCUT2D eigenvalue weighted by atomic mass is 16.5. The summed E-state index contributed by atoms with van der Waals surface area (Å²) in [5, 5.41) is 0. The van der Waals surface area contributed by atoms with Crippen molar-refractivity contribution in [3.8, 4) is 5.75 Å². The summed E-state index contributed by atoms with van der Waals surface area (Å²) in [6, 6.07) is 10.5. The Balaban J connectivity index is 2.29. The molecule has 22 heavy (non-hydrogen) atoms. The van der Waals surface area contributed by atoms with Crippen LogP contribution < -0.4 is 4.74 Å². The monoisotopic (exact) mass is 293 g/mol. The quantitative estimate of drug-likeness (QED) is 0.557. The van der Waals surface area contributed by atoms with Crippen LogP contribution in [-0.2, 0) is 6.54 Å². The SMILES string of the molecule is CCn1c2c(C)c(OC)ccc2n2c3cccc(C)c3nc12. The third-order valence-corrected chi connectivity index (χ3v) is 4.52. The minimum Gasteiger partial charge on any atom is -0.496 e. The number of fused-ring (bicyclic) bond motifs is 5. The number of benzene rings is 2. The van der Waals surface area contributed by atoms with E-state index in [0.717, 1.165) is 34.7 Å². The van der Waals surface area contributed by atoms with Crippen LogP contribution in [0.15, 0.2) is 30.3 Å². The lowest BCUT2D eigenvalue weighted by Crippen LogP contribution is -1.97. The van der Waals surface area contributed by atoms with Gasteiger partial charge in [-0.2, -0.15) is 0 Å². The smallest absolute Gasteiger partial charge is 0.215 e. The fourth-order valence-corrected chi connectivity index (χ4v) is 3.45. The second-order valence-corrected chi connectivity index (χ2v) is 5.69. The van der Waals surface area contributed by atoms with Gasteiger partial charge in [-0.1, -0.05) is 12.1 Å². The summed E-state index contributed by atoms with van der Waals surface area (Å²) in [6.45, 7) is 7.26. The number of nitrogens with zero attached hydrogens (tertiary/aromatic N) is 3. The van der Waals surface area contributed by atoms with Crippen LogP contribution in [0, 0.1) is 13.8 Å². The van der Waals surface area contributed by atoms with E-state index in [1.807, 2.05) is 6.07 Å². The number of imidazole rings is 2. The van der Waals surface area contributed by atoms with Crippen LogP contribution in [0.2, 0.25) is 0 Å². The molecule has 4 rings (SSSR count). The van der Waals surface area contributed by atoms with Gasteiger partial charge in [-0.3, -0.25) is 4.40 Å². The molecular formula is C18H19N3O. The molecule has 0 atom stereocenters. The fraction of sp³-hybridized carbons (Fsp3) is 0.278. The first-order valence-corrected chi connectivity index (χ1v) is 7.61. The number of hydrogen-bond acceptors (Lipinski definition) is 2. The van der Waals surface area contributed by atoms with Gasteiger partial charge in [0.15, 0.2) is 0 Å². The molecule has 112 valence electrons. The second kappa shape index (κ2) is 4.50. The number of para-hydroxylation sites is 1. The Morgan fingerprint density at radius 1 is 1.09 bits per heavy atom. The number of aromatic nitrogens is 3. The fourth-order valence-electron chi connectivity index (χ4n) is 3.45. The summed E-state index contributed by atoms with van der Waals surface area (Å²) in [7, 11) is 1.72. The summed E-state index contributed by atoms with van der Waals surface area (Å²) in [5.41, 5.74) is 7.00. The van der Waals surface area contributed by atoms with Crippen molar-refractivity contribution in [1.29, 1.82) is 0 Å². The van der Waals surface area contributed by atoms with E-state index < -0.39 is 0 Å². The largest absolute Gasteiger partial charge is 0.496 e. The Hall–Kier alpha value is -2.49. The minimum atomic E-state index is 0.878. The molecule has 0 aliphatic heterocycles. The third kappa shape index (κ3) is 1.49. The first-order chi connectivity index (χ1) is 10.7. The average molecular weight is 293 g/mol. The van der Waals surface area contributed by atoms with Gasteiger partial charge in [0.05, 0.1) is 29.2 Å². The number of methoxy groups -OCH3 is 1.